The van der Waals surface area contributed by atoms with Crippen molar-refractivity contribution >= 4 is 21.8 Å². The standard InChI is InChI=1S/C12H25ClN2O2S/c1-3-4-5-8-14(2)18(16,17)15-9-6-12(11-13)7-10-15/h12H,3-11H2,1-2H3. The number of rotatable bonds is 7. The van der Waals surface area contributed by atoms with Gasteiger partial charge in [0.25, 0.3) is 10.2 Å². The zero-order chi connectivity index (χ0) is 13.6. The van der Waals surface area contributed by atoms with Gasteiger partial charge in [0.15, 0.2) is 0 Å². The van der Waals surface area contributed by atoms with E-state index >= 15 is 0 Å². The van der Waals surface area contributed by atoms with Crippen LogP contribution in [0.25, 0.3) is 0 Å². The zero-order valence-corrected chi connectivity index (χ0v) is 13.0. The lowest BCUT2D eigenvalue weighted by molar-refractivity contribution is 0.271. The lowest BCUT2D eigenvalue weighted by Crippen LogP contribution is -2.46. The van der Waals surface area contributed by atoms with Crippen LogP contribution in [0.15, 0.2) is 0 Å². The van der Waals surface area contributed by atoms with E-state index in [-0.39, 0.29) is 0 Å². The molecule has 0 N–H and O–H groups in total. The molecule has 0 aliphatic carbocycles. The first-order valence-electron chi connectivity index (χ1n) is 6.79. The molecule has 0 saturated carbocycles. The highest BCUT2D eigenvalue weighted by Gasteiger charge is 2.30. The van der Waals surface area contributed by atoms with Crippen LogP contribution in [0.5, 0.6) is 0 Å². The topological polar surface area (TPSA) is 40.6 Å². The average Bonchev–Trinajstić information content (AvgIpc) is 2.39. The smallest absolute Gasteiger partial charge is 0.195 e. The molecule has 6 heteroatoms. The van der Waals surface area contributed by atoms with Gasteiger partial charge in [0.1, 0.15) is 0 Å². The Kier molecular flexibility index (Phi) is 6.92. The first-order chi connectivity index (χ1) is 8.52. The molecule has 0 aromatic heterocycles. The van der Waals surface area contributed by atoms with Crippen LogP contribution in [-0.2, 0) is 10.2 Å². The average molecular weight is 297 g/mol. The molecule has 18 heavy (non-hydrogen) atoms. The Morgan fingerprint density at radius 3 is 2.39 bits per heavy atom. The van der Waals surface area contributed by atoms with Gasteiger partial charge in [-0.15, -0.1) is 11.6 Å². The minimum Gasteiger partial charge on any atom is -0.195 e. The Hall–Kier alpha value is 0.160. The lowest BCUT2D eigenvalue weighted by atomic mass is 10.0. The molecule has 1 saturated heterocycles. The third-order valence-electron chi connectivity index (χ3n) is 3.59. The maximum Gasteiger partial charge on any atom is 0.281 e. The Labute approximate surface area is 116 Å². The number of unbranched alkanes of at least 4 members (excludes halogenated alkanes) is 2. The summed E-state index contributed by atoms with van der Waals surface area (Å²) in [6.07, 6.45) is 4.88. The summed E-state index contributed by atoms with van der Waals surface area (Å²) in [5.41, 5.74) is 0. The fourth-order valence-corrected chi connectivity index (χ4v) is 3.93. The predicted octanol–water partition coefficient (Wildman–Crippen LogP) is 2.30. The molecular weight excluding hydrogens is 272 g/mol. The van der Waals surface area contributed by atoms with Gasteiger partial charge in [-0.3, -0.25) is 0 Å². The van der Waals surface area contributed by atoms with Crippen LogP contribution in [0, 0.1) is 5.92 Å². The third kappa shape index (κ3) is 4.37. The fourth-order valence-electron chi connectivity index (χ4n) is 2.19. The van der Waals surface area contributed by atoms with Crippen molar-refractivity contribution in [3.63, 3.8) is 0 Å². The molecule has 0 radical (unpaired) electrons. The Morgan fingerprint density at radius 1 is 1.28 bits per heavy atom. The van der Waals surface area contributed by atoms with Gasteiger partial charge in [-0.05, 0) is 25.2 Å². The number of hydrogen-bond acceptors (Lipinski definition) is 2. The normalized spacial score (nSPS) is 19.6. The highest BCUT2D eigenvalue weighted by atomic mass is 35.5. The van der Waals surface area contributed by atoms with Gasteiger partial charge in [-0.2, -0.15) is 17.0 Å². The minimum absolute atomic E-state index is 0.475. The highest BCUT2D eigenvalue weighted by molar-refractivity contribution is 7.86. The molecular formula is C12H25ClN2O2S. The number of piperidine rings is 1. The van der Waals surface area contributed by atoms with Crippen molar-refractivity contribution in [3.8, 4) is 0 Å². The second-order valence-electron chi connectivity index (χ2n) is 5.03. The van der Waals surface area contributed by atoms with E-state index in [9.17, 15) is 8.42 Å². The number of nitrogens with zero attached hydrogens (tertiary/aromatic N) is 2. The van der Waals surface area contributed by atoms with Gasteiger partial charge in [-0.1, -0.05) is 19.8 Å². The van der Waals surface area contributed by atoms with Crippen LogP contribution < -0.4 is 0 Å². The van der Waals surface area contributed by atoms with E-state index in [0.29, 0.717) is 31.4 Å². The molecule has 1 fully saturated rings. The van der Waals surface area contributed by atoms with Crippen molar-refractivity contribution < 1.29 is 8.42 Å². The molecule has 1 aliphatic heterocycles. The van der Waals surface area contributed by atoms with Gasteiger partial charge in [0.2, 0.25) is 0 Å². The van der Waals surface area contributed by atoms with E-state index in [1.807, 2.05) is 0 Å². The molecule has 0 bridgehead atoms. The molecule has 108 valence electrons. The van der Waals surface area contributed by atoms with Crippen LogP contribution in [0.4, 0.5) is 0 Å². The first-order valence-corrected chi connectivity index (χ1v) is 8.72. The van der Waals surface area contributed by atoms with Gasteiger partial charge in [-0.25, -0.2) is 0 Å². The Balaban J connectivity index is 2.48. The molecule has 1 aliphatic rings. The van der Waals surface area contributed by atoms with Crippen LogP contribution in [-0.4, -0.2) is 49.6 Å². The second-order valence-corrected chi connectivity index (χ2v) is 7.38. The zero-order valence-electron chi connectivity index (χ0n) is 11.4. The van der Waals surface area contributed by atoms with Gasteiger partial charge < -0.3 is 0 Å². The van der Waals surface area contributed by atoms with Crippen LogP contribution in [0.1, 0.15) is 39.0 Å². The lowest BCUT2D eigenvalue weighted by Gasteiger charge is -2.33. The number of hydrogen-bond donors (Lipinski definition) is 0. The molecule has 1 rings (SSSR count). The largest absolute Gasteiger partial charge is 0.281 e. The Morgan fingerprint density at radius 2 is 1.89 bits per heavy atom. The van der Waals surface area contributed by atoms with E-state index in [2.05, 4.69) is 6.92 Å². The SMILES string of the molecule is CCCCCN(C)S(=O)(=O)N1CCC(CCl)CC1. The summed E-state index contributed by atoms with van der Waals surface area (Å²) >= 11 is 5.81. The van der Waals surface area contributed by atoms with Gasteiger partial charge >= 0.3 is 0 Å². The molecule has 0 aromatic rings. The van der Waals surface area contributed by atoms with Crippen LogP contribution in [0.3, 0.4) is 0 Å². The molecule has 0 atom stereocenters. The first kappa shape index (κ1) is 16.2. The van der Waals surface area contributed by atoms with E-state index < -0.39 is 10.2 Å². The highest BCUT2D eigenvalue weighted by Crippen LogP contribution is 2.21. The summed E-state index contributed by atoms with van der Waals surface area (Å²) in [4.78, 5) is 0. The molecule has 0 spiro atoms. The van der Waals surface area contributed by atoms with Crippen molar-refractivity contribution in [2.45, 2.75) is 39.0 Å². The second kappa shape index (κ2) is 7.68. The molecule has 0 aromatic carbocycles. The summed E-state index contributed by atoms with van der Waals surface area (Å²) in [5.74, 6) is 1.11. The summed E-state index contributed by atoms with van der Waals surface area (Å²) in [7, 11) is -1.57. The summed E-state index contributed by atoms with van der Waals surface area (Å²) in [6.45, 7) is 3.95. The van der Waals surface area contributed by atoms with Crippen LogP contribution in [0.2, 0.25) is 0 Å². The quantitative estimate of drug-likeness (QED) is 0.534. The van der Waals surface area contributed by atoms with Crippen molar-refractivity contribution in [2.24, 2.45) is 5.92 Å². The minimum atomic E-state index is -3.25. The van der Waals surface area contributed by atoms with Crippen molar-refractivity contribution in [1.29, 1.82) is 0 Å². The number of halogens is 1. The van der Waals surface area contributed by atoms with Crippen molar-refractivity contribution in [2.75, 3.05) is 32.6 Å². The van der Waals surface area contributed by atoms with E-state index in [1.165, 1.54) is 4.31 Å². The molecule has 1 heterocycles. The van der Waals surface area contributed by atoms with Gasteiger partial charge in [0, 0.05) is 32.6 Å². The maximum absolute atomic E-state index is 12.3. The van der Waals surface area contributed by atoms with Crippen LogP contribution >= 0.6 is 11.6 Å². The third-order valence-corrected chi connectivity index (χ3v) is 6.01. The monoisotopic (exact) mass is 296 g/mol. The number of alkyl halides is 1. The van der Waals surface area contributed by atoms with E-state index in [0.717, 1.165) is 32.1 Å². The summed E-state index contributed by atoms with van der Waals surface area (Å²) in [5, 5.41) is 0. The summed E-state index contributed by atoms with van der Waals surface area (Å²) in [6, 6.07) is 0. The summed E-state index contributed by atoms with van der Waals surface area (Å²) < 4.78 is 27.7. The van der Waals surface area contributed by atoms with Gasteiger partial charge in [0.05, 0.1) is 0 Å². The van der Waals surface area contributed by atoms with E-state index in [4.69, 9.17) is 11.6 Å². The Bertz CT molecular complexity index is 327. The molecule has 0 amide bonds. The van der Waals surface area contributed by atoms with E-state index in [1.54, 1.807) is 11.4 Å². The fraction of sp³-hybridized carbons (Fsp3) is 1.00. The van der Waals surface area contributed by atoms with Crippen molar-refractivity contribution in [1.82, 2.24) is 8.61 Å². The predicted molar refractivity (Wildman–Crippen MR) is 76.1 cm³/mol. The molecule has 4 nitrogen and oxygen atoms in total. The molecule has 0 unspecified atom stereocenters. The maximum atomic E-state index is 12.3. The van der Waals surface area contributed by atoms with Crippen molar-refractivity contribution in [3.05, 3.63) is 0 Å².